The summed E-state index contributed by atoms with van der Waals surface area (Å²) >= 11 is 0. The van der Waals surface area contributed by atoms with Crippen LogP contribution in [0.15, 0.2) is 0 Å². The van der Waals surface area contributed by atoms with E-state index in [2.05, 4.69) is 16.0 Å². The highest BCUT2D eigenvalue weighted by Gasteiger charge is 2.33. The average molecular weight is 473 g/mol. The number of amides is 5. The molecule has 0 aromatic heterocycles. The number of carbonyl (C=O) groups excluding carboxylic acids is 5. The third-order valence-corrected chi connectivity index (χ3v) is 5.15. The van der Waals surface area contributed by atoms with Gasteiger partial charge < -0.3 is 38.3 Å². The number of carboxylic acid groups (broad SMARTS) is 1. The van der Waals surface area contributed by atoms with Crippen LogP contribution in [0, 0.1) is 11.8 Å². The van der Waals surface area contributed by atoms with Gasteiger partial charge in [0.15, 0.2) is 0 Å². The Labute approximate surface area is 192 Å². The zero-order chi connectivity index (χ0) is 25.9. The maximum atomic E-state index is 12.9. The zero-order valence-corrected chi connectivity index (χ0v) is 19.4. The van der Waals surface area contributed by atoms with Crippen molar-refractivity contribution in [2.24, 2.45) is 29.0 Å². The van der Waals surface area contributed by atoms with Crippen molar-refractivity contribution in [3.8, 4) is 0 Å². The number of primary amides is 2. The molecule has 0 aliphatic rings. The average Bonchev–Trinajstić information content (AvgIpc) is 2.71. The van der Waals surface area contributed by atoms with Crippen LogP contribution in [0.4, 0.5) is 0 Å². The van der Waals surface area contributed by atoms with Crippen molar-refractivity contribution in [1.82, 2.24) is 16.0 Å². The topological polar surface area (TPSA) is 237 Å². The third-order valence-electron chi connectivity index (χ3n) is 5.15. The molecule has 0 aromatic carbocycles. The summed E-state index contributed by atoms with van der Waals surface area (Å²) in [7, 11) is 0. The second-order valence-corrected chi connectivity index (χ2v) is 8.28. The molecule has 0 aromatic rings. The highest BCUT2D eigenvalue weighted by molar-refractivity contribution is 5.96. The van der Waals surface area contributed by atoms with Gasteiger partial charge in [-0.1, -0.05) is 34.1 Å². The van der Waals surface area contributed by atoms with Crippen LogP contribution in [0.3, 0.4) is 0 Å². The molecule has 0 bridgehead atoms. The molecule has 5 atom stereocenters. The van der Waals surface area contributed by atoms with Gasteiger partial charge >= 0.3 is 5.97 Å². The molecule has 0 aliphatic heterocycles. The fraction of sp³-hybridized carbons (Fsp3) is 0.700. The molecule has 0 radical (unpaired) electrons. The van der Waals surface area contributed by atoms with E-state index in [0.717, 1.165) is 0 Å². The molecule has 10 N–H and O–H groups in total. The predicted octanol–water partition coefficient (Wildman–Crippen LogP) is -2.30. The van der Waals surface area contributed by atoms with Gasteiger partial charge in [-0.25, -0.2) is 4.79 Å². The minimum atomic E-state index is -1.51. The monoisotopic (exact) mass is 472 g/mol. The van der Waals surface area contributed by atoms with Gasteiger partial charge in [0.25, 0.3) is 0 Å². The van der Waals surface area contributed by atoms with Crippen molar-refractivity contribution in [3.05, 3.63) is 0 Å². The van der Waals surface area contributed by atoms with Crippen LogP contribution in [0.1, 0.15) is 53.4 Å². The van der Waals surface area contributed by atoms with Gasteiger partial charge in [-0.15, -0.1) is 0 Å². The molecular weight excluding hydrogens is 436 g/mol. The number of hydrogen-bond acceptors (Lipinski definition) is 7. The van der Waals surface area contributed by atoms with Crippen LogP contribution >= 0.6 is 0 Å². The lowest BCUT2D eigenvalue weighted by atomic mass is 9.96. The molecule has 5 amide bonds. The fourth-order valence-electron chi connectivity index (χ4n) is 2.74. The van der Waals surface area contributed by atoms with Gasteiger partial charge in [-0.2, -0.15) is 0 Å². The number of nitrogens with two attached hydrogens (primary N) is 3. The molecule has 0 spiro atoms. The van der Waals surface area contributed by atoms with Gasteiger partial charge in [0, 0.05) is 6.42 Å². The molecule has 13 heteroatoms. The first-order valence-corrected chi connectivity index (χ1v) is 10.7. The van der Waals surface area contributed by atoms with Crippen LogP contribution in [0.2, 0.25) is 0 Å². The minimum Gasteiger partial charge on any atom is -0.480 e. The number of carbonyl (C=O) groups is 6. The lowest BCUT2D eigenvalue weighted by molar-refractivity contribution is -0.142. The molecule has 0 saturated carbocycles. The fourth-order valence-corrected chi connectivity index (χ4v) is 2.74. The maximum Gasteiger partial charge on any atom is 0.326 e. The van der Waals surface area contributed by atoms with E-state index in [-0.39, 0.29) is 24.7 Å². The van der Waals surface area contributed by atoms with E-state index in [1.54, 1.807) is 27.7 Å². The largest absolute Gasteiger partial charge is 0.480 e. The molecule has 5 unspecified atom stereocenters. The summed E-state index contributed by atoms with van der Waals surface area (Å²) in [6.45, 7) is 6.99. The van der Waals surface area contributed by atoms with Gasteiger partial charge in [0.05, 0.1) is 12.5 Å². The molecule has 13 nitrogen and oxygen atoms in total. The second-order valence-electron chi connectivity index (χ2n) is 8.28. The van der Waals surface area contributed by atoms with Crippen LogP contribution < -0.4 is 33.2 Å². The quantitative estimate of drug-likeness (QED) is 0.136. The summed E-state index contributed by atoms with van der Waals surface area (Å²) in [4.78, 5) is 71.7. The highest BCUT2D eigenvalue weighted by atomic mass is 16.4. The summed E-state index contributed by atoms with van der Waals surface area (Å²) in [6, 6.07) is -4.92. The zero-order valence-electron chi connectivity index (χ0n) is 19.4. The number of aliphatic carboxylic acids is 1. The lowest BCUT2D eigenvalue weighted by Gasteiger charge is -2.28. The van der Waals surface area contributed by atoms with E-state index in [1.807, 2.05) is 0 Å². The molecule has 188 valence electrons. The van der Waals surface area contributed by atoms with Crippen LogP contribution in [-0.4, -0.2) is 64.8 Å². The van der Waals surface area contributed by atoms with E-state index >= 15 is 0 Å². The smallest absolute Gasteiger partial charge is 0.326 e. The molecule has 0 aliphatic carbocycles. The highest BCUT2D eigenvalue weighted by Crippen LogP contribution is 2.10. The predicted molar refractivity (Wildman–Crippen MR) is 118 cm³/mol. The number of rotatable bonds is 15. The first-order chi connectivity index (χ1) is 15.2. The Morgan fingerprint density at radius 3 is 1.79 bits per heavy atom. The molecule has 0 saturated heterocycles. The number of hydrogen-bond donors (Lipinski definition) is 7. The van der Waals surface area contributed by atoms with Crippen LogP contribution in [0.5, 0.6) is 0 Å². The third kappa shape index (κ3) is 10.8. The maximum absolute atomic E-state index is 12.9. The summed E-state index contributed by atoms with van der Waals surface area (Å²) in [6.07, 6.45) is -0.711. The van der Waals surface area contributed by atoms with Crippen molar-refractivity contribution in [3.63, 3.8) is 0 Å². The van der Waals surface area contributed by atoms with Crippen molar-refractivity contribution in [2.75, 3.05) is 0 Å². The van der Waals surface area contributed by atoms with Gasteiger partial charge in [-0.3, -0.25) is 24.0 Å². The minimum absolute atomic E-state index is 0.188. The molecular formula is C20H36N6O7. The SMILES string of the molecule is CCC(C)C(NC(=O)C(N)C(C)C)C(=O)NC(CC(N)=O)C(=O)NC(CCC(N)=O)C(=O)O. The summed E-state index contributed by atoms with van der Waals surface area (Å²) in [5.74, 6) is -5.97. The van der Waals surface area contributed by atoms with E-state index in [1.165, 1.54) is 0 Å². The van der Waals surface area contributed by atoms with Gasteiger partial charge in [0.2, 0.25) is 29.5 Å². The van der Waals surface area contributed by atoms with Crippen LogP contribution in [0.25, 0.3) is 0 Å². The normalized spacial score (nSPS) is 15.5. The van der Waals surface area contributed by atoms with Crippen molar-refractivity contribution >= 4 is 35.5 Å². The Morgan fingerprint density at radius 1 is 0.818 bits per heavy atom. The summed E-state index contributed by atoms with van der Waals surface area (Å²) in [5, 5.41) is 16.3. The second kappa shape index (κ2) is 14.0. The Hall–Kier alpha value is -3.22. The number of nitrogens with one attached hydrogen (secondary N) is 3. The van der Waals surface area contributed by atoms with E-state index in [0.29, 0.717) is 6.42 Å². The molecule has 0 fully saturated rings. The Balaban J connectivity index is 5.59. The molecule has 33 heavy (non-hydrogen) atoms. The summed E-state index contributed by atoms with van der Waals surface area (Å²) in [5.41, 5.74) is 16.0. The Kier molecular flexibility index (Phi) is 12.7. The lowest BCUT2D eigenvalue weighted by Crippen LogP contribution is -2.59. The first-order valence-electron chi connectivity index (χ1n) is 10.7. The molecule has 0 rings (SSSR count). The van der Waals surface area contributed by atoms with Crippen LogP contribution in [-0.2, 0) is 28.8 Å². The van der Waals surface area contributed by atoms with E-state index < -0.39 is 66.1 Å². The summed E-state index contributed by atoms with van der Waals surface area (Å²) < 4.78 is 0. The van der Waals surface area contributed by atoms with E-state index in [4.69, 9.17) is 17.2 Å². The Morgan fingerprint density at radius 2 is 1.36 bits per heavy atom. The number of carboxylic acids is 1. The first kappa shape index (κ1) is 29.8. The van der Waals surface area contributed by atoms with Gasteiger partial charge in [0.1, 0.15) is 18.1 Å². The Bertz CT molecular complexity index is 742. The van der Waals surface area contributed by atoms with Gasteiger partial charge in [-0.05, 0) is 18.3 Å². The van der Waals surface area contributed by atoms with E-state index in [9.17, 15) is 33.9 Å². The molecule has 0 heterocycles. The van der Waals surface area contributed by atoms with Crippen molar-refractivity contribution in [1.29, 1.82) is 0 Å². The van der Waals surface area contributed by atoms with Crippen molar-refractivity contribution in [2.45, 2.75) is 77.5 Å². The van der Waals surface area contributed by atoms with Crippen molar-refractivity contribution < 1.29 is 33.9 Å². The standard InChI is InChI=1S/C20H36N6O7/c1-5-10(4)16(26-18(30)15(23)9(2)3)19(31)25-12(8-14(22)28)17(29)24-11(20(32)33)6-7-13(21)27/h9-12,15-16H,5-8,23H2,1-4H3,(H2,21,27)(H2,22,28)(H,24,29)(H,25,31)(H,26,30)(H,32,33).